The Hall–Kier alpha value is -1.46. The number of carbonyl (C=O) groups is 1. The highest BCUT2D eigenvalue weighted by Crippen LogP contribution is 2.08. The molecule has 0 aliphatic carbocycles. The summed E-state index contributed by atoms with van der Waals surface area (Å²) in [6, 6.07) is 5.76. The van der Waals surface area contributed by atoms with Crippen LogP contribution in [0.3, 0.4) is 0 Å². The minimum Gasteiger partial charge on any atom is -0.396 e. The van der Waals surface area contributed by atoms with Crippen molar-refractivity contribution in [2.75, 3.05) is 25.0 Å². The molecule has 3 N–H and O–H groups in total. The third kappa shape index (κ3) is 5.99. The van der Waals surface area contributed by atoms with E-state index in [0.717, 1.165) is 12.8 Å². The van der Waals surface area contributed by atoms with Crippen molar-refractivity contribution in [2.45, 2.75) is 12.8 Å². The summed E-state index contributed by atoms with van der Waals surface area (Å²) >= 11 is 0. The summed E-state index contributed by atoms with van der Waals surface area (Å²) in [5.41, 5.74) is 0.451. The first-order valence-corrected chi connectivity index (χ1v) is 5.59. The van der Waals surface area contributed by atoms with Crippen LogP contribution in [0.5, 0.6) is 0 Å². The van der Waals surface area contributed by atoms with Gasteiger partial charge in [-0.3, -0.25) is 4.79 Å². The number of hydrogen-bond donors (Lipinski definition) is 3. The summed E-state index contributed by atoms with van der Waals surface area (Å²) in [5, 5.41) is 14.1. The van der Waals surface area contributed by atoms with Crippen LogP contribution in [0.2, 0.25) is 0 Å². The van der Waals surface area contributed by atoms with Gasteiger partial charge >= 0.3 is 0 Å². The van der Waals surface area contributed by atoms with Crippen molar-refractivity contribution in [1.82, 2.24) is 5.32 Å². The van der Waals surface area contributed by atoms with Crippen LogP contribution in [-0.2, 0) is 4.79 Å². The molecule has 1 aromatic carbocycles. The Bertz CT molecular complexity index is 358. The predicted octanol–water partition coefficient (Wildman–Crippen LogP) is 1.13. The van der Waals surface area contributed by atoms with Crippen LogP contribution in [-0.4, -0.2) is 30.7 Å². The first-order chi connectivity index (χ1) is 8.22. The van der Waals surface area contributed by atoms with E-state index in [1.54, 1.807) is 12.1 Å². The zero-order valence-corrected chi connectivity index (χ0v) is 9.58. The fourth-order valence-electron chi connectivity index (χ4n) is 1.34. The molecule has 0 aliphatic heterocycles. The molecule has 0 bridgehead atoms. The molecule has 5 heteroatoms. The minimum absolute atomic E-state index is 0.164. The Balaban J connectivity index is 2.21. The number of aliphatic hydroxyl groups excluding tert-OH is 1. The fraction of sp³-hybridized carbons (Fsp3) is 0.417. The van der Waals surface area contributed by atoms with Crippen LogP contribution in [0.4, 0.5) is 10.1 Å². The van der Waals surface area contributed by atoms with Gasteiger partial charge in [0.1, 0.15) is 5.82 Å². The molecule has 0 fully saturated rings. The van der Waals surface area contributed by atoms with E-state index in [1.807, 2.05) is 0 Å². The summed E-state index contributed by atoms with van der Waals surface area (Å²) in [6.45, 7) is 1.02. The Labute approximate surface area is 99.8 Å². The maximum absolute atomic E-state index is 12.8. The normalized spacial score (nSPS) is 10.2. The minimum atomic E-state index is -0.376. The largest absolute Gasteiger partial charge is 0.396 e. The lowest BCUT2D eigenvalue weighted by Gasteiger charge is -2.06. The van der Waals surface area contributed by atoms with Gasteiger partial charge in [-0.25, -0.2) is 4.39 Å². The molecule has 0 saturated carbocycles. The monoisotopic (exact) mass is 240 g/mol. The first kappa shape index (κ1) is 13.6. The van der Waals surface area contributed by atoms with Crippen LogP contribution >= 0.6 is 0 Å². The first-order valence-electron chi connectivity index (χ1n) is 5.59. The Morgan fingerprint density at radius 2 is 2.18 bits per heavy atom. The summed E-state index contributed by atoms with van der Waals surface area (Å²) in [7, 11) is 0. The van der Waals surface area contributed by atoms with Crippen molar-refractivity contribution in [3.05, 3.63) is 30.1 Å². The third-order valence-electron chi connectivity index (χ3n) is 2.16. The molecule has 0 unspecified atom stereocenters. The molecular formula is C12H17FN2O2. The maximum Gasteiger partial charge on any atom is 0.238 e. The number of halogens is 1. The van der Waals surface area contributed by atoms with Crippen molar-refractivity contribution >= 4 is 11.6 Å². The van der Waals surface area contributed by atoms with Gasteiger partial charge in [0.05, 0.1) is 6.54 Å². The van der Waals surface area contributed by atoms with E-state index in [9.17, 15) is 9.18 Å². The fourth-order valence-corrected chi connectivity index (χ4v) is 1.34. The lowest BCUT2D eigenvalue weighted by Crippen LogP contribution is -2.28. The second-order valence-corrected chi connectivity index (χ2v) is 3.67. The smallest absolute Gasteiger partial charge is 0.238 e. The van der Waals surface area contributed by atoms with Gasteiger partial charge in [0.25, 0.3) is 0 Å². The molecule has 0 radical (unpaired) electrons. The molecule has 0 atom stereocenters. The van der Waals surface area contributed by atoms with Gasteiger partial charge in [-0.1, -0.05) is 6.07 Å². The third-order valence-corrected chi connectivity index (χ3v) is 2.16. The van der Waals surface area contributed by atoms with Crippen molar-refractivity contribution in [1.29, 1.82) is 0 Å². The van der Waals surface area contributed by atoms with E-state index >= 15 is 0 Å². The van der Waals surface area contributed by atoms with E-state index in [-0.39, 0.29) is 24.9 Å². The molecule has 0 spiro atoms. The molecule has 0 saturated heterocycles. The molecule has 1 aromatic rings. The van der Waals surface area contributed by atoms with Gasteiger partial charge in [0, 0.05) is 12.3 Å². The topological polar surface area (TPSA) is 61.4 Å². The Morgan fingerprint density at radius 1 is 1.35 bits per heavy atom. The molecule has 0 heterocycles. The SMILES string of the molecule is O=C(CNCCCCO)Nc1cccc(F)c1. The van der Waals surface area contributed by atoms with E-state index in [0.29, 0.717) is 12.2 Å². The van der Waals surface area contributed by atoms with Crippen LogP contribution in [0.25, 0.3) is 0 Å². The van der Waals surface area contributed by atoms with Gasteiger partial charge < -0.3 is 15.7 Å². The van der Waals surface area contributed by atoms with Crippen LogP contribution < -0.4 is 10.6 Å². The van der Waals surface area contributed by atoms with Gasteiger partial charge in [-0.15, -0.1) is 0 Å². The average molecular weight is 240 g/mol. The quantitative estimate of drug-likeness (QED) is 0.626. The van der Waals surface area contributed by atoms with Crippen molar-refractivity contribution in [3.63, 3.8) is 0 Å². The van der Waals surface area contributed by atoms with Gasteiger partial charge in [0.15, 0.2) is 0 Å². The maximum atomic E-state index is 12.8. The predicted molar refractivity (Wildman–Crippen MR) is 64.2 cm³/mol. The molecule has 17 heavy (non-hydrogen) atoms. The van der Waals surface area contributed by atoms with Crippen molar-refractivity contribution in [3.8, 4) is 0 Å². The molecular weight excluding hydrogens is 223 g/mol. The van der Waals surface area contributed by atoms with Gasteiger partial charge in [-0.05, 0) is 37.6 Å². The molecule has 4 nitrogen and oxygen atoms in total. The summed E-state index contributed by atoms with van der Waals surface area (Å²) < 4.78 is 12.8. The van der Waals surface area contributed by atoms with Crippen LogP contribution in [0.15, 0.2) is 24.3 Å². The Kier molecular flexibility index (Phi) is 6.21. The van der Waals surface area contributed by atoms with E-state index in [2.05, 4.69) is 10.6 Å². The average Bonchev–Trinajstić information content (AvgIpc) is 2.29. The number of rotatable bonds is 7. The van der Waals surface area contributed by atoms with Crippen LogP contribution in [0, 0.1) is 5.82 Å². The van der Waals surface area contributed by atoms with Gasteiger partial charge in [-0.2, -0.15) is 0 Å². The lowest BCUT2D eigenvalue weighted by atomic mass is 10.3. The Morgan fingerprint density at radius 3 is 2.88 bits per heavy atom. The number of carbonyl (C=O) groups excluding carboxylic acids is 1. The molecule has 0 aromatic heterocycles. The van der Waals surface area contributed by atoms with E-state index < -0.39 is 0 Å². The molecule has 0 aliphatic rings. The molecule has 1 rings (SSSR count). The lowest BCUT2D eigenvalue weighted by molar-refractivity contribution is -0.115. The highest BCUT2D eigenvalue weighted by atomic mass is 19.1. The highest BCUT2D eigenvalue weighted by Gasteiger charge is 2.01. The zero-order valence-electron chi connectivity index (χ0n) is 9.58. The number of amides is 1. The second kappa shape index (κ2) is 7.76. The van der Waals surface area contributed by atoms with E-state index in [4.69, 9.17) is 5.11 Å². The molecule has 94 valence electrons. The second-order valence-electron chi connectivity index (χ2n) is 3.67. The molecule has 1 amide bonds. The highest BCUT2D eigenvalue weighted by molar-refractivity contribution is 5.92. The standard InChI is InChI=1S/C12H17FN2O2/c13-10-4-3-5-11(8-10)15-12(17)9-14-6-1-2-7-16/h3-5,8,14,16H,1-2,6-7,9H2,(H,15,17). The van der Waals surface area contributed by atoms with Crippen molar-refractivity contribution in [2.24, 2.45) is 0 Å². The summed E-state index contributed by atoms with van der Waals surface area (Å²) in [6.07, 6.45) is 1.54. The van der Waals surface area contributed by atoms with Crippen molar-refractivity contribution < 1.29 is 14.3 Å². The summed E-state index contributed by atoms with van der Waals surface area (Å²) in [5.74, 6) is -0.585. The van der Waals surface area contributed by atoms with Crippen LogP contribution in [0.1, 0.15) is 12.8 Å². The number of nitrogens with one attached hydrogen (secondary N) is 2. The van der Waals surface area contributed by atoms with Gasteiger partial charge in [0.2, 0.25) is 5.91 Å². The number of benzene rings is 1. The summed E-state index contributed by atoms with van der Waals surface area (Å²) in [4.78, 5) is 11.4. The number of aliphatic hydroxyl groups is 1. The zero-order chi connectivity index (χ0) is 12.5. The number of hydrogen-bond acceptors (Lipinski definition) is 3. The van der Waals surface area contributed by atoms with E-state index in [1.165, 1.54) is 12.1 Å². The number of anilines is 1. The number of unbranched alkanes of at least 4 members (excludes halogenated alkanes) is 1.